The van der Waals surface area contributed by atoms with E-state index in [0.29, 0.717) is 0 Å². The maximum absolute atomic E-state index is 5.71. The highest BCUT2D eigenvalue weighted by molar-refractivity contribution is 5.88. The number of hydrogen-bond acceptors (Lipinski definition) is 2. The van der Waals surface area contributed by atoms with Gasteiger partial charge in [0.25, 0.3) is 0 Å². The normalized spacial score (nSPS) is 14.9. The minimum atomic E-state index is 0.842. The molecule has 0 atom stereocenters. The molecule has 3 rings (SSSR count). The van der Waals surface area contributed by atoms with Gasteiger partial charge in [0, 0.05) is 23.2 Å². The van der Waals surface area contributed by atoms with Gasteiger partial charge in [0.1, 0.15) is 5.75 Å². The second-order valence-electron chi connectivity index (χ2n) is 3.60. The van der Waals surface area contributed by atoms with Gasteiger partial charge in [-0.3, -0.25) is 4.98 Å². The Morgan fingerprint density at radius 2 is 2.21 bits per heavy atom. The number of ether oxygens (including phenoxy) is 1. The first-order valence-electron chi connectivity index (χ1n) is 4.93. The van der Waals surface area contributed by atoms with E-state index >= 15 is 0 Å². The zero-order valence-corrected chi connectivity index (χ0v) is 7.86. The first kappa shape index (κ1) is 7.80. The third-order valence-electron chi connectivity index (χ3n) is 2.69. The summed E-state index contributed by atoms with van der Waals surface area (Å²) in [5, 5.41) is 2.35. The van der Waals surface area contributed by atoms with E-state index in [1.54, 1.807) is 0 Å². The SMILES string of the molecule is c1cc2c3c(ccc2cn1)CCCO3. The Labute approximate surface area is 82.5 Å². The Bertz CT molecular complexity index is 479. The number of nitrogens with zero attached hydrogens (tertiary/aromatic N) is 1. The number of aryl methyl sites for hydroxylation is 1. The van der Waals surface area contributed by atoms with Crippen LogP contribution >= 0.6 is 0 Å². The third kappa shape index (κ3) is 1.07. The summed E-state index contributed by atoms with van der Waals surface area (Å²) in [5.74, 6) is 1.07. The number of benzene rings is 1. The molecule has 0 aliphatic carbocycles. The molecule has 2 heteroatoms. The minimum absolute atomic E-state index is 0.842. The van der Waals surface area contributed by atoms with E-state index in [9.17, 15) is 0 Å². The zero-order chi connectivity index (χ0) is 9.38. The summed E-state index contributed by atoms with van der Waals surface area (Å²) in [6.45, 7) is 0.842. The van der Waals surface area contributed by atoms with Crippen molar-refractivity contribution in [2.24, 2.45) is 0 Å². The van der Waals surface area contributed by atoms with E-state index in [-0.39, 0.29) is 0 Å². The van der Waals surface area contributed by atoms with Crippen LogP contribution in [0.2, 0.25) is 0 Å². The Morgan fingerprint density at radius 1 is 1.21 bits per heavy atom. The van der Waals surface area contributed by atoms with Crippen molar-refractivity contribution in [3.63, 3.8) is 0 Å². The molecule has 1 aromatic carbocycles. The van der Waals surface area contributed by atoms with Gasteiger partial charge in [-0.15, -0.1) is 0 Å². The van der Waals surface area contributed by atoms with Crippen LogP contribution in [-0.2, 0) is 6.42 Å². The van der Waals surface area contributed by atoms with E-state index in [1.807, 2.05) is 18.5 Å². The highest BCUT2D eigenvalue weighted by atomic mass is 16.5. The second-order valence-corrected chi connectivity index (χ2v) is 3.60. The summed E-state index contributed by atoms with van der Waals surface area (Å²) < 4.78 is 5.71. The van der Waals surface area contributed by atoms with Gasteiger partial charge in [-0.2, -0.15) is 0 Å². The first-order chi connectivity index (χ1) is 6.95. The fourth-order valence-electron chi connectivity index (χ4n) is 1.99. The van der Waals surface area contributed by atoms with Gasteiger partial charge in [0.2, 0.25) is 0 Å². The lowest BCUT2D eigenvalue weighted by Crippen LogP contribution is -2.08. The van der Waals surface area contributed by atoms with Gasteiger partial charge in [-0.05, 0) is 24.5 Å². The second kappa shape index (κ2) is 2.98. The van der Waals surface area contributed by atoms with Crippen LogP contribution in [-0.4, -0.2) is 11.6 Å². The maximum Gasteiger partial charge on any atom is 0.130 e. The molecule has 1 aromatic heterocycles. The van der Waals surface area contributed by atoms with Crippen molar-refractivity contribution >= 4 is 10.8 Å². The van der Waals surface area contributed by atoms with Crippen LogP contribution in [0.25, 0.3) is 10.8 Å². The molecular weight excluding hydrogens is 174 g/mol. The van der Waals surface area contributed by atoms with Crippen molar-refractivity contribution in [3.8, 4) is 5.75 Å². The number of hydrogen-bond donors (Lipinski definition) is 0. The van der Waals surface area contributed by atoms with Crippen molar-refractivity contribution < 1.29 is 4.74 Å². The molecule has 2 nitrogen and oxygen atoms in total. The molecule has 2 aromatic rings. The summed E-state index contributed by atoms with van der Waals surface area (Å²) in [6, 6.07) is 6.30. The summed E-state index contributed by atoms with van der Waals surface area (Å²) in [5.41, 5.74) is 1.33. The minimum Gasteiger partial charge on any atom is -0.493 e. The summed E-state index contributed by atoms with van der Waals surface area (Å²) in [4.78, 5) is 4.11. The molecule has 0 fully saturated rings. The smallest absolute Gasteiger partial charge is 0.130 e. The van der Waals surface area contributed by atoms with Crippen molar-refractivity contribution in [2.75, 3.05) is 6.61 Å². The molecule has 1 aliphatic heterocycles. The van der Waals surface area contributed by atoms with Crippen molar-refractivity contribution in [1.82, 2.24) is 4.98 Å². The van der Waals surface area contributed by atoms with Crippen molar-refractivity contribution in [2.45, 2.75) is 12.8 Å². The van der Waals surface area contributed by atoms with E-state index in [1.165, 1.54) is 10.9 Å². The Kier molecular flexibility index (Phi) is 1.66. The Hall–Kier alpha value is -1.57. The van der Waals surface area contributed by atoms with E-state index in [0.717, 1.165) is 30.6 Å². The Balaban J connectivity index is 2.34. The molecule has 0 saturated carbocycles. The topological polar surface area (TPSA) is 22.1 Å². The quantitative estimate of drug-likeness (QED) is 0.629. The van der Waals surface area contributed by atoms with Gasteiger partial charge in [0.05, 0.1) is 6.61 Å². The standard InChI is InChI=1S/C12H11NO/c1-2-9-3-4-10-8-13-6-5-11(10)12(9)14-7-1/h3-6,8H,1-2,7H2. The van der Waals surface area contributed by atoms with Crippen LogP contribution in [0.15, 0.2) is 30.6 Å². The predicted octanol–water partition coefficient (Wildman–Crippen LogP) is 2.56. The monoisotopic (exact) mass is 185 g/mol. The number of rotatable bonds is 0. The van der Waals surface area contributed by atoms with Gasteiger partial charge in [-0.1, -0.05) is 12.1 Å². The molecule has 0 saturated heterocycles. The molecule has 70 valence electrons. The van der Waals surface area contributed by atoms with Gasteiger partial charge >= 0.3 is 0 Å². The third-order valence-corrected chi connectivity index (χ3v) is 2.69. The molecule has 0 radical (unpaired) electrons. The summed E-state index contributed by atoms with van der Waals surface area (Å²) in [6.07, 6.45) is 5.96. The van der Waals surface area contributed by atoms with Gasteiger partial charge in [0.15, 0.2) is 0 Å². The molecule has 0 spiro atoms. The van der Waals surface area contributed by atoms with Crippen LogP contribution < -0.4 is 4.74 Å². The average molecular weight is 185 g/mol. The molecular formula is C12H11NO. The highest BCUT2D eigenvalue weighted by Crippen LogP contribution is 2.32. The lowest BCUT2D eigenvalue weighted by molar-refractivity contribution is 0.292. The van der Waals surface area contributed by atoms with Crippen LogP contribution in [0.5, 0.6) is 5.75 Å². The van der Waals surface area contributed by atoms with Crippen molar-refractivity contribution in [1.29, 1.82) is 0 Å². The fourth-order valence-corrected chi connectivity index (χ4v) is 1.99. The molecule has 1 aliphatic rings. The summed E-state index contributed by atoms with van der Waals surface area (Å²) in [7, 11) is 0. The largest absolute Gasteiger partial charge is 0.493 e. The van der Waals surface area contributed by atoms with Crippen LogP contribution in [0.3, 0.4) is 0 Å². The molecule has 0 bridgehead atoms. The van der Waals surface area contributed by atoms with E-state index in [4.69, 9.17) is 4.74 Å². The van der Waals surface area contributed by atoms with E-state index in [2.05, 4.69) is 17.1 Å². The molecule has 0 N–H and O–H groups in total. The van der Waals surface area contributed by atoms with Crippen LogP contribution in [0.4, 0.5) is 0 Å². The zero-order valence-electron chi connectivity index (χ0n) is 7.86. The average Bonchev–Trinajstić information content (AvgIpc) is 2.29. The molecule has 2 heterocycles. The van der Waals surface area contributed by atoms with E-state index < -0.39 is 0 Å². The lowest BCUT2D eigenvalue weighted by Gasteiger charge is -2.18. The number of fused-ring (bicyclic) bond motifs is 3. The van der Waals surface area contributed by atoms with Gasteiger partial charge in [-0.25, -0.2) is 0 Å². The van der Waals surface area contributed by atoms with Gasteiger partial charge < -0.3 is 4.74 Å². The maximum atomic E-state index is 5.71. The highest BCUT2D eigenvalue weighted by Gasteiger charge is 2.12. The Morgan fingerprint density at radius 3 is 3.21 bits per heavy atom. The molecule has 0 unspecified atom stereocenters. The summed E-state index contributed by atoms with van der Waals surface area (Å²) >= 11 is 0. The van der Waals surface area contributed by atoms with Crippen LogP contribution in [0, 0.1) is 0 Å². The number of pyridine rings is 1. The van der Waals surface area contributed by atoms with Crippen molar-refractivity contribution in [3.05, 3.63) is 36.2 Å². The molecule has 14 heavy (non-hydrogen) atoms. The molecule has 0 amide bonds. The number of aromatic nitrogens is 1. The first-order valence-corrected chi connectivity index (χ1v) is 4.93. The fraction of sp³-hybridized carbons (Fsp3) is 0.250. The lowest BCUT2D eigenvalue weighted by atomic mass is 10.0. The van der Waals surface area contributed by atoms with Crippen LogP contribution in [0.1, 0.15) is 12.0 Å². The predicted molar refractivity (Wildman–Crippen MR) is 55.6 cm³/mol.